The van der Waals surface area contributed by atoms with Crippen molar-refractivity contribution in [2.24, 2.45) is 0 Å². The molecular formula is C28H38NO7+. The standard InChI is InChI=1S/C23H24O6.C5H14NO/c24-12-19-20(26)21(27)22(28)23(29-19)17-11-13(6-7-18(17)25)8-14-9-15-4-2-1-3-5-16(15)10-14;1-6(2,3)4-5-7/h1-7,9-11,19-28H,8,12H2;7H,4-5H2,1-3H3/q;+1/t19-,20-,21+,22-,23+;/m1./s1. The zero-order valence-corrected chi connectivity index (χ0v) is 21.0. The summed E-state index contributed by atoms with van der Waals surface area (Å²) >= 11 is 0. The molecule has 0 aromatic heterocycles. The molecular weight excluding hydrogens is 462 g/mol. The minimum absolute atomic E-state index is 0.0854. The largest absolute Gasteiger partial charge is 0.508 e. The maximum atomic E-state index is 10.4. The minimum Gasteiger partial charge on any atom is -0.508 e. The Labute approximate surface area is 212 Å². The van der Waals surface area contributed by atoms with Gasteiger partial charge in [-0.2, -0.15) is 0 Å². The van der Waals surface area contributed by atoms with E-state index in [-0.39, 0.29) is 12.4 Å². The van der Waals surface area contributed by atoms with Crippen molar-refractivity contribution >= 4 is 0 Å². The fraction of sp³-hybridized carbons (Fsp3) is 0.429. The third kappa shape index (κ3) is 7.02. The van der Waals surface area contributed by atoms with Crippen molar-refractivity contribution in [1.29, 1.82) is 0 Å². The smallest absolute Gasteiger partial charge is 0.121 e. The van der Waals surface area contributed by atoms with Crippen LogP contribution in [0.3, 0.4) is 0 Å². The average molecular weight is 501 g/mol. The molecule has 1 aromatic rings. The molecule has 0 saturated carbocycles. The highest BCUT2D eigenvalue weighted by molar-refractivity contribution is 5.68. The average Bonchev–Trinajstić information content (AvgIpc) is 3.06. The van der Waals surface area contributed by atoms with Crippen molar-refractivity contribution in [1.82, 2.24) is 0 Å². The molecule has 0 amide bonds. The highest BCUT2D eigenvalue weighted by Crippen LogP contribution is 2.37. The van der Waals surface area contributed by atoms with Crippen molar-refractivity contribution in [2.45, 2.75) is 36.9 Å². The van der Waals surface area contributed by atoms with Gasteiger partial charge in [0.2, 0.25) is 0 Å². The number of benzene rings is 1. The number of aliphatic hydroxyl groups excluding tert-OH is 5. The third-order valence-electron chi connectivity index (χ3n) is 6.26. The van der Waals surface area contributed by atoms with E-state index in [0.29, 0.717) is 12.0 Å². The summed E-state index contributed by atoms with van der Waals surface area (Å²) in [4.78, 5) is 0. The van der Waals surface area contributed by atoms with Gasteiger partial charge in [-0.3, -0.25) is 0 Å². The number of nitrogens with zero attached hydrogens (tertiary/aromatic N) is 1. The number of rotatable bonds is 6. The van der Waals surface area contributed by atoms with Gasteiger partial charge >= 0.3 is 0 Å². The summed E-state index contributed by atoms with van der Waals surface area (Å²) in [5.41, 5.74) is 4.59. The number of ether oxygens (including phenoxy) is 1. The molecule has 0 spiro atoms. The van der Waals surface area contributed by atoms with Gasteiger partial charge in [-0.15, -0.1) is 0 Å². The van der Waals surface area contributed by atoms with Crippen molar-refractivity contribution in [3.05, 3.63) is 77.4 Å². The summed E-state index contributed by atoms with van der Waals surface area (Å²) in [7, 11) is 6.16. The molecule has 1 aliphatic heterocycles. The molecule has 5 atom stereocenters. The Morgan fingerprint density at radius 3 is 1.94 bits per heavy atom. The first-order valence-electron chi connectivity index (χ1n) is 12.1. The Morgan fingerprint density at radius 2 is 1.42 bits per heavy atom. The second-order valence-electron chi connectivity index (χ2n) is 10.2. The molecule has 1 saturated heterocycles. The predicted octanol–water partition coefficient (Wildman–Crippen LogP) is 1.29. The van der Waals surface area contributed by atoms with Crippen molar-refractivity contribution in [3.63, 3.8) is 0 Å². The monoisotopic (exact) mass is 500 g/mol. The van der Waals surface area contributed by atoms with Crippen LogP contribution >= 0.6 is 0 Å². The molecule has 6 N–H and O–H groups in total. The van der Waals surface area contributed by atoms with Crippen LogP contribution < -0.4 is 0 Å². The molecule has 196 valence electrons. The summed E-state index contributed by atoms with van der Waals surface area (Å²) in [6, 6.07) is 19.3. The predicted molar refractivity (Wildman–Crippen MR) is 137 cm³/mol. The number of quaternary nitrogens is 1. The molecule has 36 heavy (non-hydrogen) atoms. The number of aromatic hydroxyl groups is 1. The Bertz CT molecular complexity index is 1050. The number of aliphatic hydroxyl groups is 5. The van der Waals surface area contributed by atoms with Gasteiger partial charge in [0.15, 0.2) is 0 Å². The Balaban J connectivity index is 0.000000454. The van der Waals surface area contributed by atoms with Gasteiger partial charge in [0.25, 0.3) is 0 Å². The van der Waals surface area contributed by atoms with E-state index in [1.165, 1.54) is 6.07 Å². The normalized spacial score (nSPS) is 24.3. The first-order chi connectivity index (χ1) is 17.0. The molecule has 1 heterocycles. The molecule has 8 nitrogen and oxygen atoms in total. The van der Waals surface area contributed by atoms with Gasteiger partial charge < -0.3 is 39.9 Å². The van der Waals surface area contributed by atoms with E-state index >= 15 is 0 Å². The van der Waals surface area contributed by atoms with Crippen LogP contribution in [0.4, 0.5) is 0 Å². The lowest BCUT2D eigenvalue weighted by molar-refractivity contribution is -0.870. The maximum absolute atomic E-state index is 10.4. The molecule has 0 radical (unpaired) electrons. The van der Waals surface area contributed by atoms with Crippen LogP contribution in [-0.2, 0) is 11.2 Å². The second-order valence-corrected chi connectivity index (χ2v) is 10.2. The van der Waals surface area contributed by atoms with E-state index in [1.807, 2.05) is 18.2 Å². The topological polar surface area (TPSA) is 131 Å². The maximum Gasteiger partial charge on any atom is 0.121 e. The molecule has 2 aliphatic carbocycles. The van der Waals surface area contributed by atoms with Crippen molar-refractivity contribution in [3.8, 4) is 16.9 Å². The lowest BCUT2D eigenvalue weighted by Gasteiger charge is -2.40. The third-order valence-corrected chi connectivity index (χ3v) is 6.26. The highest BCUT2D eigenvalue weighted by atomic mass is 16.5. The van der Waals surface area contributed by atoms with E-state index in [4.69, 9.17) is 9.84 Å². The summed E-state index contributed by atoms with van der Waals surface area (Å²) in [5, 5.41) is 58.5. The van der Waals surface area contributed by atoms with Gasteiger partial charge in [0.05, 0.1) is 34.4 Å². The van der Waals surface area contributed by atoms with Crippen LogP contribution in [0.1, 0.15) is 22.8 Å². The van der Waals surface area contributed by atoms with Gasteiger partial charge in [-0.25, -0.2) is 0 Å². The number of hydrogen-bond acceptors (Lipinski definition) is 7. The lowest BCUT2D eigenvalue weighted by Crippen LogP contribution is -2.55. The van der Waals surface area contributed by atoms with E-state index in [1.54, 1.807) is 12.1 Å². The summed E-state index contributed by atoms with van der Waals surface area (Å²) in [6.07, 6.45) is -5.84. The molecule has 8 heteroatoms. The first-order valence-corrected chi connectivity index (χ1v) is 12.1. The van der Waals surface area contributed by atoms with Crippen LogP contribution in [0, 0.1) is 0 Å². The van der Waals surface area contributed by atoms with E-state index in [0.717, 1.165) is 33.3 Å². The molecule has 0 unspecified atom stereocenters. The zero-order valence-electron chi connectivity index (χ0n) is 21.0. The van der Waals surface area contributed by atoms with Crippen molar-refractivity contribution < 1.29 is 39.9 Å². The quantitative estimate of drug-likeness (QED) is 0.281. The van der Waals surface area contributed by atoms with Gasteiger partial charge in [0.1, 0.15) is 42.8 Å². The zero-order chi connectivity index (χ0) is 26.5. The van der Waals surface area contributed by atoms with Crippen LogP contribution in [0.2, 0.25) is 0 Å². The van der Waals surface area contributed by atoms with Crippen LogP contribution in [0.25, 0.3) is 11.1 Å². The summed E-state index contributed by atoms with van der Waals surface area (Å²) < 4.78 is 6.43. The molecule has 3 aliphatic rings. The lowest BCUT2D eigenvalue weighted by atomic mass is 9.89. The SMILES string of the molecule is C[N+](C)(C)CCO.OC[C@H]1O[C@@H](c2cc(Cc3cc4cccccc-4c3)ccc2O)[C@H](O)[C@@H](O)[C@@H]1O. The molecule has 4 rings (SSSR count). The second kappa shape index (κ2) is 12.1. The number of hydrogen-bond donors (Lipinski definition) is 6. The summed E-state index contributed by atoms with van der Waals surface area (Å²) in [6.45, 7) is 0.600. The van der Waals surface area contributed by atoms with Gasteiger partial charge in [-0.1, -0.05) is 48.5 Å². The molecule has 1 fully saturated rings. The number of fused-ring (bicyclic) bond motifs is 1. The molecule has 1 aromatic carbocycles. The fourth-order valence-corrected chi connectivity index (χ4v) is 4.22. The van der Waals surface area contributed by atoms with E-state index < -0.39 is 37.1 Å². The van der Waals surface area contributed by atoms with Gasteiger partial charge in [-0.05, 0) is 40.8 Å². The minimum atomic E-state index is -1.49. The Kier molecular flexibility index (Phi) is 9.43. The first kappa shape index (κ1) is 28.0. The van der Waals surface area contributed by atoms with Crippen LogP contribution in [0.15, 0.2) is 60.7 Å². The number of phenolic OH excluding ortho intramolecular Hbond substituents is 1. The number of phenols is 1. The van der Waals surface area contributed by atoms with Crippen LogP contribution in [-0.4, -0.2) is 100 Å². The van der Waals surface area contributed by atoms with Crippen molar-refractivity contribution in [2.75, 3.05) is 40.9 Å². The number of likely N-dealkylation sites (N-methyl/N-ethyl adjacent to an activating group) is 1. The fourth-order valence-electron chi connectivity index (χ4n) is 4.22. The summed E-state index contributed by atoms with van der Waals surface area (Å²) in [5.74, 6) is -0.0854. The highest BCUT2D eigenvalue weighted by Gasteiger charge is 2.44. The Morgan fingerprint density at radius 1 is 0.778 bits per heavy atom. The Hall–Kier alpha value is -2.56. The van der Waals surface area contributed by atoms with E-state index in [2.05, 4.69) is 45.4 Å². The molecule has 0 bridgehead atoms. The van der Waals surface area contributed by atoms with Crippen LogP contribution in [0.5, 0.6) is 5.75 Å². The van der Waals surface area contributed by atoms with Gasteiger partial charge in [0, 0.05) is 5.56 Å². The van der Waals surface area contributed by atoms with E-state index in [9.17, 15) is 25.5 Å².